The fourth-order valence-electron chi connectivity index (χ4n) is 3.20. The van der Waals surface area contributed by atoms with Crippen molar-refractivity contribution < 1.29 is 4.74 Å². The fourth-order valence-corrected chi connectivity index (χ4v) is 5.64. The standard InChI is InChI=1S/C23H22NOP/c1-4-10-19(11-5-1)23-24-20(18-25-23)16-17-26(21-12-6-2-7-13-21)22-14-8-3-9-15-22/h1-15,20H,16-18H2. The minimum absolute atomic E-state index is 0.252. The Morgan fingerprint density at radius 1 is 0.769 bits per heavy atom. The molecule has 1 unspecified atom stereocenters. The number of nitrogens with zero attached hydrogens (tertiary/aromatic N) is 1. The third-order valence-corrected chi connectivity index (χ3v) is 7.10. The molecule has 1 heterocycles. The molecule has 130 valence electrons. The average molecular weight is 359 g/mol. The predicted molar refractivity (Wildman–Crippen MR) is 111 cm³/mol. The second-order valence-corrected chi connectivity index (χ2v) is 8.71. The van der Waals surface area contributed by atoms with E-state index < -0.39 is 0 Å². The normalized spacial score (nSPS) is 16.3. The van der Waals surface area contributed by atoms with Gasteiger partial charge >= 0.3 is 0 Å². The molecule has 0 aliphatic carbocycles. The predicted octanol–water partition coefficient (Wildman–Crippen LogP) is 4.36. The lowest BCUT2D eigenvalue weighted by molar-refractivity contribution is 0.315. The Labute approximate surface area is 156 Å². The van der Waals surface area contributed by atoms with Crippen molar-refractivity contribution >= 4 is 24.4 Å². The van der Waals surface area contributed by atoms with Crippen LogP contribution in [0.25, 0.3) is 0 Å². The summed E-state index contributed by atoms with van der Waals surface area (Å²) >= 11 is 0. The molecule has 0 bridgehead atoms. The molecule has 0 saturated carbocycles. The minimum atomic E-state index is -0.360. The van der Waals surface area contributed by atoms with Crippen LogP contribution in [0, 0.1) is 0 Å². The van der Waals surface area contributed by atoms with E-state index in [1.165, 1.54) is 10.6 Å². The van der Waals surface area contributed by atoms with E-state index >= 15 is 0 Å². The summed E-state index contributed by atoms with van der Waals surface area (Å²) in [7, 11) is -0.360. The van der Waals surface area contributed by atoms with Gasteiger partial charge in [0.05, 0.1) is 6.04 Å². The van der Waals surface area contributed by atoms with E-state index in [2.05, 4.69) is 72.8 Å². The van der Waals surface area contributed by atoms with Gasteiger partial charge in [-0.15, -0.1) is 0 Å². The lowest BCUT2D eigenvalue weighted by Gasteiger charge is -2.19. The van der Waals surface area contributed by atoms with Crippen LogP contribution >= 0.6 is 7.92 Å². The number of hydrogen-bond acceptors (Lipinski definition) is 2. The summed E-state index contributed by atoms with van der Waals surface area (Å²) in [6.07, 6.45) is 2.18. The van der Waals surface area contributed by atoms with Crippen LogP contribution in [0.1, 0.15) is 12.0 Å². The summed E-state index contributed by atoms with van der Waals surface area (Å²) in [5.74, 6) is 0.791. The third kappa shape index (κ3) is 4.03. The molecule has 0 amide bonds. The van der Waals surface area contributed by atoms with Crippen LogP contribution in [0.2, 0.25) is 0 Å². The van der Waals surface area contributed by atoms with Crippen LogP contribution < -0.4 is 10.6 Å². The van der Waals surface area contributed by atoms with Gasteiger partial charge in [0.15, 0.2) is 0 Å². The van der Waals surface area contributed by atoms with Gasteiger partial charge < -0.3 is 4.74 Å². The van der Waals surface area contributed by atoms with Crippen LogP contribution in [-0.2, 0) is 4.74 Å². The van der Waals surface area contributed by atoms with Gasteiger partial charge in [-0.1, -0.05) is 78.9 Å². The summed E-state index contributed by atoms with van der Waals surface area (Å²) < 4.78 is 5.85. The second-order valence-electron chi connectivity index (χ2n) is 6.38. The molecule has 2 nitrogen and oxygen atoms in total. The topological polar surface area (TPSA) is 21.6 Å². The molecule has 3 heteroatoms. The van der Waals surface area contributed by atoms with Crippen LogP contribution in [0.4, 0.5) is 0 Å². The van der Waals surface area contributed by atoms with Crippen molar-refractivity contribution in [3.63, 3.8) is 0 Å². The quantitative estimate of drug-likeness (QED) is 0.600. The third-order valence-electron chi connectivity index (χ3n) is 4.55. The molecule has 0 saturated heterocycles. The zero-order valence-electron chi connectivity index (χ0n) is 14.7. The van der Waals surface area contributed by atoms with Gasteiger partial charge in [-0.2, -0.15) is 0 Å². The first-order valence-electron chi connectivity index (χ1n) is 9.04. The molecule has 0 radical (unpaired) electrons. The number of benzene rings is 3. The molecule has 0 N–H and O–H groups in total. The highest BCUT2D eigenvalue weighted by atomic mass is 31.1. The molecule has 3 aromatic rings. The summed E-state index contributed by atoms with van der Waals surface area (Å²) in [5.41, 5.74) is 1.07. The van der Waals surface area contributed by atoms with Crippen molar-refractivity contribution in [2.75, 3.05) is 12.8 Å². The summed E-state index contributed by atoms with van der Waals surface area (Å²) in [6.45, 7) is 0.691. The first-order valence-corrected chi connectivity index (χ1v) is 10.6. The van der Waals surface area contributed by atoms with E-state index in [1.54, 1.807) is 0 Å². The Balaban J connectivity index is 1.48. The van der Waals surface area contributed by atoms with Crippen molar-refractivity contribution in [3.8, 4) is 0 Å². The molecular formula is C23H22NOP. The van der Waals surface area contributed by atoms with Crippen LogP contribution in [0.5, 0.6) is 0 Å². The van der Waals surface area contributed by atoms with Gasteiger partial charge in [-0.25, -0.2) is 4.99 Å². The van der Waals surface area contributed by atoms with E-state index in [4.69, 9.17) is 9.73 Å². The molecule has 1 aliphatic rings. The van der Waals surface area contributed by atoms with E-state index in [0.29, 0.717) is 6.61 Å². The molecule has 26 heavy (non-hydrogen) atoms. The smallest absolute Gasteiger partial charge is 0.216 e. The van der Waals surface area contributed by atoms with Crippen LogP contribution in [0.3, 0.4) is 0 Å². The molecule has 0 aromatic heterocycles. The summed E-state index contributed by atoms with van der Waals surface area (Å²) in [6, 6.07) is 32.2. The molecular weight excluding hydrogens is 337 g/mol. The van der Waals surface area contributed by atoms with Gasteiger partial charge in [0.1, 0.15) is 6.61 Å². The highest BCUT2D eigenvalue weighted by molar-refractivity contribution is 7.73. The van der Waals surface area contributed by atoms with Gasteiger partial charge in [0.25, 0.3) is 0 Å². The van der Waals surface area contributed by atoms with Crippen LogP contribution in [-0.4, -0.2) is 24.7 Å². The van der Waals surface area contributed by atoms with Crippen molar-refractivity contribution in [3.05, 3.63) is 96.6 Å². The van der Waals surface area contributed by atoms with Crippen molar-refractivity contribution in [2.24, 2.45) is 4.99 Å². The lowest BCUT2D eigenvalue weighted by Crippen LogP contribution is -2.17. The first-order chi connectivity index (χ1) is 12.9. The Morgan fingerprint density at radius 3 is 1.88 bits per heavy atom. The van der Waals surface area contributed by atoms with E-state index in [0.717, 1.165) is 24.0 Å². The molecule has 0 fully saturated rings. The largest absolute Gasteiger partial charge is 0.475 e. The highest BCUT2D eigenvalue weighted by Crippen LogP contribution is 2.35. The number of rotatable bonds is 6. The molecule has 3 aromatic carbocycles. The monoisotopic (exact) mass is 359 g/mol. The van der Waals surface area contributed by atoms with Crippen molar-refractivity contribution in [2.45, 2.75) is 12.5 Å². The maximum Gasteiger partial charge on any atom is 0.216 e. The molecule has 0 spiro atoms. The SMILES string of the molecule is c1ccc(C2=NC(CCP(c3ccccc3)c3ccccc3)CO2)cc1. The van der Waals surface area contributed by atoms with Crippen molar-refractivity contribution in [1.82, 2.24) is 0 Å². The van der Waals surface area contributed by atoms with Crippen LogP contribution in [0.15, 0.2) is 96.0 Å². The van der Waals surface area contributed by atoms with Gasteiger partial charge in [0.2, 0.25) is 5.90 Å². The Morgan fingerprint density at radius 2 is 1.31 bits per heavy atom. The number of ether oxygens (including phenoxy) is 1. The zero-order chi connectivity index (χ0) is 17.6. The maximum absolute atomic E-state index is 5.85. The average Bonchev–Trinajstić information content (AvgIpc) is 3.20. The zero-order valence-corrected chi connectivity index (χ0v) is 15.6. The Kier molecular flexibility index (Phi) is 5.42. The summed E-state index contributed by atoms with van der Waals surface area (Å²) in [4.78, 5) is 4.82. The van der Waals surface area contributed by atoms with E-state index in [-0.39, 0.29) is 14.0 Å². The molecule has 4 rings (SSSR count). The lowest BCUT2D eigenvalue weighted by atomic mass is 10.2. The number of aliphatic imine (C=N–C) groups is 1. The van der Waals surface area contributed by atoms with Gasteiger partial charge in [-0.3, -0.25) is 0 Å². The molecule has 1 atom stereocenters. The first kappa shape index (κ1) is 17.0. The maximum atomic E-state index is 5.85. The van der Waals surface area contributed by atoms with E-state index in [9.17, 15) is 0 Å². The molecule has 1 aliphatic heterocycles. The van der Waals surface area contributed by atoms with Gasteiger partial charge in [-0.05, 0) is 43.2 Å². The van der Waals surface area contributed by atoms with Crippen molar-refractivity contribution in [1.29, 1.82) is 0 Å². The minimum Gasteiger partial charge on any atom is -0.475 e. The Hall–Kier alpha value is -2.44. The number of hydrogen-bond donors (Lipinski definition) is 0. The fraction of sp³-hybridized carbons (Fsp3) is 0.174. The Bertz CT molecular complexity index is 810. The summed E-state index contributed by atoms with van der Waals surface area (Å²) in [5, 5.41) is 2.86. The van der Waals surface area contributed by atoms with Gasteiger partial charge in [0, 0.05) is 5.56 Å². The van der Waals surface area contributed by atoms with E-state index in [1.807, 2.05) is 18.2 Å². The second kappa shape index (κ2) is 8.29. The highest BCUT2D eigenvalue weighted by Gasteiger charge is 2.22.